The number of nitrogens with zero attached hydrogens (tertiary/aromatic N) is 2. The van der Waals surface area contributed by atoms with Crippen LogP contribution in [0.25, 0.3) is 11.0 Å². The molecule has 0 amide bonds. The second kappa shape index (κ2) is 5.65. The van der Waals surface area contributed by atoms with E-state index in [0.29, 0.717) is 18.4 Å². The molecule has 2 aromatic rings. The lowest BCUT2D eigenvalue weighted by atomic mass is 10.0. The van der Waals surface area contributed by atoms with Gasteiger partial charge in [0.05, 0.1) is 24.5 Å². The number of methoxy groups -OCH3 is 1. The maximum absolute atomic E-state index is 12.0. The van der Waals surface area contributed by atoms with Gasteiger partial charge in [0.15, 0.2) is 5.78 Å². The van der Waals surface area contributed by atoms with Crippen LogP contribution in [0.3, 0.4) is 0 Å². The topological polar surface area (TPSA) is 61.2 Å². The Labute approximate surface area is 111 Å². The van der Waals surface area contributed by atoms with Crippen LogP contribution in [0.15, 0.2) is 24.5 Å². The van der Waals surface area contributed by atoms with Gasteiger partial charge in [-0.25, -0.2) is 4.98 Å². The number of rotatable bonds is 5. The van der Waals surface area contributed by atoms with Gasteiger partial charge in [-0.1, -0.05) is 0 Å². The molecule has 19 heavy (non-hydrogen) atoms. The molecule has 1 aromatic heterocycles. The summed E-state index contributed by atoms with van der Waals surface area (Å²) in [5.74, 6) is -0.260. The standard InChI is InChI=1S/C14H16N2O3/c1-16-9-15-11-8-10(6-7-12(11)16)13(17)4-3-5-14(18)19-2/h6-9H,3-5H2,1-2H3. The number of ketones is 1. The van der Waals surface area contributed by atoms with Gasteiger partial charge in [0, 0.05) is 25.5 Å². The molecule has 1 heterocycles. The van der Waals surface area contributed by atoms with E-state index >= 15 is 0 Å². The van der Waals surface area contributed by atoms with E-state index in [1.807, 2.05) is 17.7 Å². The van der Waals surface area contributed by atoms with Gasteiger partial charge in [-0.2, -0.15) is 0 Å². The van der Waals surface area contributed by atoms with Crippen LogP contribution in [0, 0.1) is 0 Å². The summed E-state index contributed by atoms with van der Waals surface area (Å²) < 4.78 is 6.44. The number of Topliss-reactive ketones (excluding diaryl/α,β-unsaturated/α-hetero) is 1. The van der Waals surface area contributed by atoms with Gasteiger partial charge in [0.1, 0.15) is 0 Å². The van der Waals surface area contributed by atoms with Crippen LogP contribution in [0.2, 0.25) is 0 Å². The summed E-state index contributed by atoms with van der Waals surface area (Å²) in [5, 5.41) is 0. The van der Waals surface area contributed by atoms with Crippen LogP contribution in [0.4, 0.5) is 0 Å². The molecule has 0 radical (unpaired) electrons. The van der Waals surface area contributed by atoms with E-state index < -0.39 is 0 Å². The number of aryl methyl sites for hydroxylation is 1. The SMILES string of the molecule is COC(=O)CCCC(=O)c1ccc2c(c1)ncn2C. The largest absolute Gasteiger partial charge is 0.469 e. The molecule has 1 aromatic carbocycles. The molecule has 5 nitrogen and oxygen atoms in total. The molecule has 100 valence electrons. The van der Waals surface area contributed by atoms with Crippen LogP contribution < -0.4 is 0 Å². The Kier molecular flexibility index (Phi) is 3.94. The van der Waals surface area contributed by atoms with Gasteiger partial charge in [0.2, 0.25) is 0 Å². The molecule has 0 saturated heterocycles. The predicted octanol–water partition coefficient (Wildman–Crippen LogP) is 2.10. The zero-order valence-corrected chi connectivity index (χ0v) is 11.0. The van der Waals surface area contributed by atoms with E-state index in [1.54, 1.807) is 18.5 Å². The highest BCUT2D eigenvalue weighted by molar-refractivity contribution is 5.99. The lowest BCUT2D eigenvalue weighted by Gasteiger charge is -2.02. The first-order valence-corrected chi connectivity index (χ1v) is 6.13. The van der Waals surface area contributed by atoms with E-state index in [1.165, 1.54) is 7.11 Å². The molecular formula is C14H16N2O3. The van der Waals surface area contributed by atoms with E-state index in [2.05, 4.69) is 9.72 Å². The van der Waals surface area contributed by atoms with Crippen molar-refractivity contribution in [3.8, 4) is 0 Å². The molecule has 0 atom stereocenters. The number of hydrogen-bond acceptors (Lipinski definition) is 4. The molecule has 0 N–H and O–H groups in total. The third kappa shape index (κ3) is 2.99. The summed E-state index contributed by atoms with van der Waals surface area (Å²) in [6, 6.07) is 5.47. The number of esters is 1. The average molecular weight is 260 g/mol. The third-order valence-electron chi connectivity index (χ3n) is 3.06. The molecule has 0 fully saturated rings. The minimum Gasteiger partial charge on any atom is -0.469 e. The molecule has 0 unspecified atom stereocenters. The molecule has 0 spiro atoms. The number of aromatic nitrogens is 2. The smallest absolute Gasteiger partial charge is 0.305 e. The molecule has 0 bridgehead atoms. The van der Waals surface area contributed by atoms with Gasteiger partial charge < -0.3 is 9.30 Å². The lowest BCUT2D eigenvalue weighted by molar-refractivity contribution is -0.140. The Balaban J connectivity index is 2.03. The van der Waals surface area contributed by atoms with Crippen LogP contribution in [-0.4, -0.2) is 28.4 Å². The molecular weight excluding hydrogens is 244 g/mol. The Morgan fingerprint density at radius 2 is 2.11 bits per heavy atom. The zero-order valence-electron chi connectivity index (χ0n) is 11.0. The number of carbonyl (C=O) groups is 2. The first kappa shape index (κ1) is 13.3. The van der Waals surface area contributed by atoms with Crippen molar-refractivity contribution < 1.29 is 14.3 Å². The second-order valence-electron chi connectivity index (χ2n) is 4.41. The van der Waals surface area contributed by atoms with E-state index in [4.69, 9.17) is 0 Å². The average Bonchev–Trinajstić information content (AvgIpc) is 2.79. The van der Waals surface area contributed by atoms with Crippen molar-refractivity contribution in [2.75, 3.05) is 7.11 Å². The number of fused-ring (bicyclic) bond motifs is 1. The first-order valence-electron chi connectivity index (χ1n) is 6.13. The van der Waals surface area contributed by atoms with Gasteiger partial charge in [-0.3, -0.25) is 9.59 Å². The van der Waals surface area contributed by atoms with Gasteiger partial charge in [-0.05, 0) is 24.6 Å². The quantitative estimate of drug-likeness (QED) is 0.610. The number of hydrogen-bond donors (Lipinski definition) is 0. The first-order chi connectivity index (χ1) is 9.11. The normalized spacial score (nSPS) is 10.6. The highest BCUT2D eigenvalue weighted by Crippen LogP contribution is 2.16. The monoisotopic (exact) mass is 260 g/mol. The second-order valence-corrected chi connectivity index (χ2v) is 4.41. The number of carbonyl (C=O) groups excluding carboxylic acids is 2. The molecule has 0 saturated carbocycles. The summed E-state index contributed by atoms with van der Waals surface area (Å²) in [6.45, 7) is 0. The highest BCUT2D eigenvalue weighted by atomic mass is 16.5. The molecule has 0 aliphatic heterocycles. The molecule has 0 aliphatic carbocycles. The van der Waals surface area contributed by atoms with Gasteiger partial charge in [-0.15, -0.1) is 0 Å². The maximum atomic E-state index is 12.0. The summed E-state index contributed by atoms with van der Waals surface area (Å²) in [7, 11) is 3.26. The minimum atomic E-state index is -0.284. The Bertz CT molecular complexity index is 616. The van der Waals surface area contributed by atoms with Gasteiger partial charge >= 0.3 is 5.97 Å². The van der Waals surface area contributed by atoms with E-state index in [0.717, 1.165) is 11.0 Å². The summed E-state index contributed by atoms with van der Waals surface area (Å²) in [4.78, 5) is 27.2. The van der Waals surface area contributed by atoms with Crippen LogP contribution in [-0.2, 0) is 16.6 Å². The molecule has 0 aliphatic rings. The van der Waals surface area contributed by atoms with Gasteiger partial charge in [0.25, 0.3) is 0 Å². The Morgan fingerprint density at radius 1 is 1.32 bits per heavy atom. The van der Waals surface area contributed by atoms with Crippen molar-refractivity contribution in [2.45, 2.75) is 19.3 Å². The summed E-state index contributed by atoms with van der Waals surface area (Å²) in [6.07, 6.45) is 2.84. The van der Waals surface area contributed by atoms with E-state index in [-0.39, 0.29) is 18.2 Å². The van der Waals surface area contributed by atoms with Crippen LogP contribution in [0.5, 0.6) is 0 Å². The van der Waals surface area contributed by atoms with Crippen molar-refractivity contribution in [3.05, 3.63) is 30.1 Å². The Hall–Kier alpha value is -2.17. The number of ether oxygens (including phenoxy) is 1. The zero-order chi connectivity index (χ0) is 13.8. The summed E-state index contributed by atoms with van der Waals surface area (Å²) >= 11 is 0. The third-order valence-corrected chi connectivity index (χ3v) is 3.06. The molecule has 5 heteroatoms. The number of benzene rings is 1. The lowest BCUT2D eigenvalue weighted by Crippen LogP contribution is -2.03. The fourth-order valence-corrected chi connectivity index (χ4v) is 1.95. The fourth-order valence-electron chi connectivity index (χ4n) is 1.95. The maximum Gasteiger partial charge on any atom is 0.305 e. The predicted molar refractivity (Wildman–Crippen MR) is 70.9 cm³/mol. The Morgan fingerprint density at radius 3 is 2.84 bits per heavy atom. The van der Waals surface area contributed by atoms with Crippen LogP contribution >= 0.6 is 0 Å². The fraction of sp³-hybridized carbons (Fsp3) is 0.357. The van der Waals surface area contributed by atoms with Crippen molar-refractivity contribution in [3.63, 3.8) is 0 Å². The van der Waals surface area contributed by atoms with E-state index in [9.17, 15) is 9.59 Å². The highest BCUT2D eigenvalue weighted by Gasteiger charge is 2.09. The van der Waals surface area contributed by atoms with Crippen molar-refractivity contribution in [1.29, 1.82) is 0 Å². The van der Waals surface area contributed by atoms with Crippen molar-refractivity contribution >= 4 is 22.8 Å². The number of imidazole rings is 1. The minimum absolute atomic E-state index is 0.0245. The molecule has 2 rings (SSSR count). The summed E-state index contributed by atoms with van der Waals surface area (Å²) in [5.41, 5.74) is 2.43. The van der Waals surface area contributed by atoms with Crippen molar-refractivity contribution in [1.82, 2.24) is 9.55 Å². The van der Waals surface area contributed by atoms with Crippen LogP contribution in [0.1, 0.15) is 29.6 Å². The van der Waals surface area contributed by atoms with Crippen molar-refractivity contribution in [2.24, 2.45) is 7.05 Å².